The molecule has 0 unspecified atom stereocenters. The molecule has 4 aromatic rings. The second kappa shape index (κ2) is 10.6. The van der Waals surface area contributed by atoms with Crippen molar-refractivity contribution < 1.29 is 37.5 Å². The van der Waals surface area contributed by atoms with Crippen LogP contribution in [-0.4, -0.2) is 47.4 Å². The zero-order valence-corrected chi connectivity index (χ0v) is 20.5. The molecule has 0 saturated carbocycles. The van der Waals surface area contributed by atoms with Gasteiger partial charge in [0.05, 0.1) is 22.6 Å². The van der Waals surface area contributed by atoms with Gasteiger partial charge in [-0.1, -0.05) is 24.3 Å². The number of anilines is 1. The average Bonchev–Trinajstić information content (AvgIpc) is 3.14. The molecule has 0 aliphatic carbocycles. The predicted molar refractivity (Wildman–Crippen MR) is 135 cm³/mol. The Balaban J connectivity index is 1.71. The lowest BCUT2D eigenvalue weighted by atomic mass is 10.0. The van der Waals surface area contributed by atoms with E-state index in [9.17, 15) is 33.2 Å². The molecule has 3 aromatic carbocycles. The maximum absolute atomic E-state index is 13.1. The van der Waals surface area contributed by atoms with Gasteiger partial charge in [0, 0.05) is 53.8 Å². The fourth-order valence-corrected chi connectivity index (χ4v) is 4.49. The van der Waals surface area contributed by atoms with Crippen LogP contribution in [0.3, 0.4) is 0 Å². The van der Waals surface area contributed by atoms with Crippen LogP contribution in [0.25, 0.3) is 21.7 Å². The Hall–Kier alpha value is -4.32. The molecule has 0 radical (unpaired) electrons. The lowest BCUT2D eigenvalue weighted by Gasteiger charge is -2.13. The number of methoxy groups -OCH3 is 1. The van der Waals surface area contributed by atoms with Gasteiger partial charge in [0.25, 0.3) is 5.69 Å². The average molecular weight is 531 g/mol. The van der Waals surface area contributed by atoms with Crippen molar-refractivity contribution in [3.63, 3.8) is 0 Å². The van der Waals surface area contributed by atoms with Gasteiger partial charge in [0.1, 0.15) is 17.9 Å². The minimum absolute atomic E-state index is 0.00798. The van der Waals surface area contributed by atoms with E-state index in [1.54, 1.807) is 31.2 Å². The van der Waals surface area contributed by atoms with Crippen LogP contribution in [0.15, 0.2) is 48.5 Å². The number of nitro benzene ring substituents is 1. The maximum atomic E-state index is 13.1. The van der Waals surface area contributed by atoms with Crippen LogP contribution in [0.2, 0.25) is 0 Å². The fraction of sp³-hybridized carbons (Fsp3) is 0.269. The second-order valence-corrected chi connectivity index (χ2v) is 8.49. The van der Waals surface area contributed by atoms with Crippen LogP contribution in [0.5, 0.6) is 5.75 Å². The van der Waals surface area contributed by atoms with Gasteiger partial charge in [-0.2, -0.15) is 13.2 Å². The van der Waals surface area contributed by atoms with Crippen LogP contribution in [0.4, 0.5) is 24.5 Å². The minimum Gasteiger partial charge on any atom is -0.507 e. The van der Waals surface area contributed by atoms with E-state index in [1.807, 2.05) is 4.57 Å². The van der Waals surface area contributed by atoms with Crippen molar-refractivity contribution in [2.24, 2.45) is 0 Å². The van der Waals surface area contributed by atoms with Gasteiger partial charge in [-0.05, 0) is 25.1 Å². The van der Waals surface area contributed by atoms with Gasteiger partial charge in [0.15, 0.2) is 0 Å². The highest BCUT2D eigenvalue weighted by atomic mass is 19.4. The Kier molecular flexibility index (Phi) is 7.44. The normalized spacial score (nSPS) is 11.7. The van der Waals surface area contributed by atoms with Gasteiger partial charge in [-0.3, -0.25) is 10.1 Å². The first-order chi connectivity index (χ1) is 18.0. The number of hydrogen-bond donors (Lipinski definition) is 2. The van der Waals surface area contributed by atoms with Crippen molar-refractivity contribution in [1.82, 2.24) is 4.57 Å². The second-order valence-electron chi connectivity index (χ2n) is 8.49. The molecule has 0 saturated heterocycles. The van der Waals surface area contributed by atoms with Gasteiger partial charge in [-0.15, -0.1) is 0 Å². The maximum Gasteiger partial charge on any atom is 0.423 e. The molecule has 38 heavy (non-hydrogen) atoms. The van der Waals surface area contributed by atoms with E-state index in [2.05, 4.69) is 5.32 Å². The lowest BCUT2D eigenvalue weighted by Crippen LogP contribution is -2.14. The Morgan fingerprint density at radius 3 is 2.47 bits per heavy atom. The number of benzene rings is 3. The number of carbonyl (C=O) groups excluding carboxylic acids is 1. The summed E-state index contributed by atoms with van der Waals surface area (Å²) in [5.74, 6) is -0.601. The Morgan fingerprint density at radius 2 is 1.82 bits per heavy atom. The Morgan fingerprint density at radius 1 is 1.11 bits per heavy atom. The number of phenolic OH excluding ortho intramolecular Hbond substituents is 1. The molecule has 0 amide bonds. The molecule has 0 aliphatic rings. The van der Waals surface area contributed by atoms with E-state index < -0.39 is 28.3 Å². The molecule has 12 heteroatoms. The number of esters is 1. The molecule has 0 aliphatic heterocycles. The van der Waals surface area contributed by atoms with Crippen molar-refractivity contribution in [2.45, 2.75) is 19.6 Å². The number of halogens is 3. The molecule has 1 heterocycles. The van der Waals surface area contributed by atoms with Gasteiger partial charge in [-0.25, -0.2) is 4.79 Å². The minimum atomic E-state index is -4.86. The highest BCUT2D eigenvalue weighted by Gasteiger charge is 2.38. The third-order valence-electron chi connectivity index (χ3n) is 6.19. The Bertz CT molecular complexity index is 1530. The third-order valence-corrected chi connectivity index (χ3v) is 6.19. The number of carbonyl (C=O) groups is 1. The van der Waals surface area contributed by atoms with Crippen LogP contribution in [-0.2, 0) is 22.2 Å². The molecule has 0 bridgehead atoms. The number of rotatable bonds is 9. The summed E-state index contributed by atoms with van der Waals surface area (Å²) in [5.41, 5.74) is -0.758. The highest BCUT2D eigenvalue weighted by Crippen LogP contribution is 2.39. The molecule has 4 rings (SSSR count). The van der Waals surface area contributed by atoms with E-state index in [0.717, 1.165) is 12.1 Å². The van der Waals surface area contributed by atoms with Crippen molar-refractivity contribution in [3.8, 4) is 5.75 Å². The molecular weight excluding hydrogens is 507 g/mol. The molecule has 0 spiro atoms. The number of ether oxygens (including phenoxy) is 2. The van der Waals surface area contributed by atoms with Crippen LogP contribution < -0.4 is 5.32 Å². The van der Waals surface area contributed by atoms with E-state index in [0.29, 0.717) is 33.4 Å². The van der Waals surface area contributed by atoms with Crippen LogP contribution >= 0.6 is 0 Å². The van der Waals surface area contributed by atoms with Crippen LogP contribution in [0, 0.1) is 17.0 Å². The number of aromatic nitrogens is 1. The molecule has 9 nitrogen and oxygen atoms in total. The first kappa shape index (κ1) is 26.7. The summed E-state index contributed by atoms with van der Waals surface area (Å²) in [5, 5.41) is 26.5. The molecule has 2 N–H and O–H groups in total. The Labute approximate surface area is 214 Å². The first-order valence-corrected chi connectivity index (χ1v) is 11.5. The van der Waals surface area contributed by atoms with Crippen molar-refractivity contribution in [2.75, 3.05) is 32.2 Å². The number of phenols is 1. The molecule has 0 fully saturated rings. The molecule has 200 valence electrons. The highest BCUT2D eigenvalue weighted by molar-refractivity contribution is 6.16. The largest absolute Gasteiger partial charge is 0.507 e. The molecular formula is C26H24F3N3O6. The SMILES string of the molecule is COCCOC(=O)c1c(C)n(CCNc2ccc(C(F)(F)F)c([N+](=O)[O-])c2)c2c1cc(O)c1ccccc12. The summed E-state index contributed by atoms with van der Waals surface area (Å²) >= 11 is 0. The zero-order chi connectivity index (χ0) is 27.6. The summed E-state index contributed by atoms with van der Waals surface area (Å²) in [4.78, 5) is 23.1. The number of aromatic hydroxyl groups is 1. The van der Waals surface area contributed by atoms with Crippen LogP contribution in [0.1, 0.15) is 21.6 Å². The molecule has 0 atom stereocenters. The summed E-state index contributed by atoms with van der Waals surface area (Å²) < 4.78 is 51.5. The van der Waals surface area contributed by atoms with E-state index in [4.69, 9.17) is 9.47 Å². The topological polar surface area (TPSA) is 116 Å². The molecule has 1 aromatic heterocycles. The van der Waals surface area contributed by atoms with Gasteiger partial charge < -0.3 is 24.5 Å². The standard InChI is InChI=1S/C26H24F3N3O6/c1-15-23(25(34)38-12-11-37-2)19-14-22(33)17-5-3-4-6-18(17)24(19)31(15)10-9-30-16-7-8-20(26(27,28)29)21(13-16)32(35)36/h3-8,13-14,30,33H,9-12H2,1-2H3. The van der Waals surface area contributed by atoms with Crippen molar-refractivity contribution >= 4 is 39.0 Å². The van der Waals surface area contributed by atoms with E-state index in [-0.39, 0.29) is 43.3 Å². The smallest absolute Gasteiger partial charge is 0.423 e. The van der Waals surface area contributed by atoms with Crippen molar-refractivity contribution in [1.29, 1.82) is 0 Å². The summed E-state index contributed by atoms with van der Waals surface area (Å²) in [6.07, 6.45) is -4.86. The van der Waals surface area contributed by atoms with E-state index >= 15 is 0 Å². The number of nitrogens with one attached hydrogen (secondary N) is 1. The number of alkyl halides is 3. The summed E-state index contributed by atoms with van der Waals surface area (Å²) in [7, 11) is 1.48. The van der Waals surface area contributed by atoms with Gasteiger partial charge in [0.2, 0.25) is 0 Å². The predicted octanol–water partition coefficient (Wildman–Crippen LogP) is 5.65. The third kappa shape index (κ3) is 5.07. The lowest BCUT2D eigenvalue weighted by molar-refractivity contribution is -0.388. The quantitative estimate of drug-likeness (QED) is 0.124. The van der Waals surface area contributed by atoms with Crippen molar-refractivity contribution in [3.05, 3.63) is 75.5 Å². The number of hydrogen-bond acceptors (Lipinski definition) is 7. The number of nitro groups is 1. The number of nitrogens with zero attached hydrogens (tertiary/aromatic N) is 2. The fourth-order valence-electron chi connectivity index (χ4n) is 4.49. The van der Waals surface area contributed by atoms with E-state index in [1.165, 1.54) is 13.2 Å². The number of fused-ring (bicyclic) bond motifs is 3. The first-order valence-electron chi connectivity index (χ1n) is 11.5. The van der Waals surface area contributed by atoms with Gasteiger partial charge >= 0.3 is 12.1 Å². The summed E-state index contributed by atoms with van der Waals surface area (Å²) in [6.45, 7) is 2.38. The zero-order valence-electron chi connectivity index (χ0n) is 20.5. The monoisotopic (exact) mass is 531 g/mol. The summed E-state index contributed by atoms with van der Waals surface area (Å²) in [6, 6.07) is 11.3.